The van der Waals surface area contributed by atoms with Crippen LogP contribution in [0.2, 0.25) is 0 Å². The summed E-state index contributed by atoms with van der Waals surface area (Å²) in [5, 5.41) is 0. The zero-order chi connectivity index (χ0) is 15.6. The molecule has 2 N–H and O–H groups in total. The molecule has 2 aromatic rings. The predicted octanol–water partition coefficient (Wildman–Crippen LogP) is 3.04. The molecule has 0 aliphatic rings. The molecule has 0 aliphatic carbocycles. The van der Waals surface area contributed by atoms with E-state index in [0.717, 1.165) is 6.26 Å². The van der Waals surface area contributed by atoms with Gasteiger partial charge in [-0.25, -0.2) is 12.8 Å². The second-order valence-electron chi connectivity index (χ2n) is 4.79. The lowest BCUT2D eigenvalue weighted by Crippen LogP contribution is -2.07. The molecular weight excluding hydrogens is 293 g/mol. The van der Waals surface area contributed by atoms with Gasteiger partial charge in [0.25, 0.3) is 0 Å². The Morgan fingerprint density at radius 2 is 1.76 bits per heavy atom. The fourth-order valence-corrected chi connectivity index (χ4v) is 2.49. The average molecular weight is 309 g/mol. The Hall–Kier alpha value is -1.92. The summed E-state index contributed by atoms with van der Waals surface area (Å²) in [6.45, 7) is 1.73. The fourth-order valence-electron chi connectivity index (χ4n) is 1.86. The molecule has 0 spiro atoms. The minimum Gasteiger partial charge on any atom is -0.454 e. The first kappa shape index (κ1) is 15.5. The van der Waals surface area contributed by atoms with Gasteiger partial charge in [0, 0.05) is 17.9 Å². The molecule has 0 fully saturated rings. The van der Waals surface area contributed by atoms with Gasteiger partial charge in [0.2, 0.25) is 0 Å². The first-order valence-electron chi connectivity index (χ1n) is 6.31. The Kier molecular flexibility index (Phi) is 4.29. The SMILES string of the molecule is CC(N)c1cccc(F)c1Oc1ccc(S(C)(=O)=O)cc1. The predicted molar refractivity (Wildman–Crippen MR) is 78.6 cm³/mol. The van der Waals surface area contributed by atoms with Crippen LogP contribution in [-0.4, -0.2) is 14.7 Å². The number of nitrogens with two attached hydrogens (primary N) is 1. The lowest BCUT2D eigenvalue weighted by molar-refractivity contribution is 0.432. The molecule has 1 unspecified atom stereocenters. The van der Waals surface area contributed by atoms with Crippen LogP contribution in [0.3, 0.4) is 0 Å². The van der Waals surface area contributed by atoms with E-state index in [1.807, 2.05) is 0 Å². The van der Waals surface area contributed by atoms with Crippen LogP contribution in [0.15, 0.2) is 47.4 Å². The van der Waals surface area contributed by atoms with Crippen LogP contribution in [0.4, 0.5) is 4.39 Å². The van der Waals surface area contributed by atoms with Crippen molar-refractivity contribution in [1.29, 1.82) is 0 Å². The zero-order valence-corrected chi connectivity index (χ0v) is 12.5. The van der Waals surface area contributed by atoms with E-state index in [1.165, 1.54) is 30.3 Å². The van der Waals surface area contributed by atoms with E-state index in [9.17, 15) is 12.8 Å². The van der Waals surface area contributed by atoms with Crippen molar-refractivity contribution in [2.45, 2.75) is 17.9 Å². The Bertz CT molecular complexity index is 740. The van der Waals surface area contributed by atoms with E-state index in [-0.39, 0.29) is 16.7 Å². The number of sulfone groups is 1. The Morgan fingerprint density at radius 1 is 1.14 bits per heavy atom. The van der Waals surface area contributed by atoms with Crippen LogP contribution < -0.4 is 10.5 Å². The van der Waals surface area contributed by atoms with Crippen LogP contribution in [-0.2, 0) is 9.84 Å². The fraction of sp³-hybridized carbons (Fsp3) is 0.200. The van der Waals surface area contributed by atoms with E-state index in [1.54, 1.807) is 19.1 Å². The van der Waals surface area contributed by atoms with Crippen LogP contribution in [0.1, 0.15) is 18.5 Å². The standard InChI is InChI=1S/C15H16FNO3S/c1-10(17)13-4-3-5-14(16)15(13)20-11-6-8-12(9-7-11)21(2,18)19/h3-10H,17H2,1-2H3. The van der Waals surface area contributed by atoms with Gasteiger partial charge in [0.1, 0.15) is 5.75 Å². The number of hydrogen-bond acceptors (Lipinski definition) is 4. The zero-order valence-electron chi connectivity index (χ0n) is 11.7. The summed E-state index contributed by atoms with van der Waals surface area (Å²) < 4.78 is 42.2. The van der Waals surface area contributed by atoms with Crippen molar-refractivity contribution in [3.05, 3.63) is 53.8 Å². The molecule has 1 atom stereocenters. The maximum Gasteiger partial charge on any atom is 0.175 e. The highest BCUT2D eigenvalue weighted by Gasteiger charge is 2.14. The van der Waals surface area contributed by atoms with Crippen molar-refractivity contribution < 1.29 is 17.5 Å². The molecule has 0 aliphatic heterocycles. The maximum absolute atomic E-state index is 13.9. The molecule has 0 radical (unpaired) electrons. The summed E-state index contributed by atoms with van der Waals surface area (Å²) in [4.78, 5) is 0.177. The lowest BCUT2D eigenvalue weighted by atomic mass is 10.1. The highest BCUT2D eigenvalue weighted by atomic mass is 32.2. The highest BCUT2D eigenvalue weighted by molar-refractivity contribution is 7.90. The molecule has 0 bridgehead atoms. The Morgan fingerprint density at radius 3 is 2.29 bits per heavy atom. The van der Waals surface area contributed by atoms with Crippen molar-refractivity contribution in [1.82, 2.24) is 0 Å². The van der Waals surface area contributed by atoms with Gasteiger partial charge in [-0.3, -0.25) is 0 Å². The van der Waals surface area contributed by atoms with Crippen LogP contribution in [0.25, 0.3) is 0 Å². The molecule has 2 aromatic carbocycles. The number of para-hydroxylation sites is 1. The van der Waals surface area contributed by atoms with Gasteiger partial charge < -0.3 is 10.5 Å². The number of ether oxygens (including phenoxy) is 1. The van der Waals surface area contributed by atoms with Gasteiger partial charge in [-0.2, -0.15) is 0 Å². The topological polar surface area (TPSA) is 69.4 Å². The van der Waals surface area contributed by atoms with Crippen molar-refractivity contribution in [3.8, 4) is 11.5 Å². The summed E-state index contributed by atoms with van der Waals surface area (Å²) in [6.07, 6.45) is 1.12. The van der Waals surface area contributed by atoms with Crippen LogP contribution >= 0.6 is 0 Å². The molecule has 21 heavy (non-hydrogen) atoms. The molecule has 6 heteroatoms. The van der Waals surface area contributed by atoms with Crippen LogP contribution in [0.5, 0.6) is 11.5 Å². The average Bonchev–Trinajstić information content (AvgIpc) is 2.40. The van der Waals surface area contributed by atoms with E-state index >= 15 is 0 Å². The lowest BCUT2D eigenvalue weighted by Gasteiger charge is -2.14. The molecule has 0 saturated heterocycles. The van der Waals surface area contributed by atoms with Gasteiger partial charge in [0.15, 0.2) is 21.4 Å². The molecular formula is C15H16FNO3S. The molecule has 4 nitrogen and oxygen atoms in total. The molecule has 0 heterocycles. The Labute approximate surface area is 123 Å². The normalized spacial score (nSPS) is 13.0. The first-order valence-corrected chi connectivity index (χ1v) is 8.20. The van der Waals surface area contributed by atoms with Gasteiger partial charge in [0.05, 0.1) is 4.90 Å². The van der Waals surface area contributed by atoms with Gasteiger partial charge >= 0.3 is 0 Å². The quantitative estimate of drug-likeness (QED) is 0.942. The van der Waals surface area contributed by atoms with Gasteiger partial charge in [-0.15, -0.1) is 0 Å². The third kappa shape index (κ3) is 3.59. The van der Waals surface area contributed by atoms with Crippen molar-refractivity contribution in [2.24, 2.45) is 5.73 Å². The van der Waals surface area contributed by atoms with E-state index in [2.05, 4.69) is 0 Å². The second kappa shape index (κ2) is 5.83. The molecule has 0 aromatic heterocycles. The highest BCUT2D eigenvalue weighted by Crippen LogP contribution is 2.31. The Balaban J connectivity index is 2.35. The smallest absolute Gasteiger partial charge is 0.175 e. The summed E-state index contributed by atoms with van der Waals surface area (Å²) in [6, 6.07) is 9.94. The van der Waals surface area contributed by atoms with E-state index in [4.69, 9.17) is 10.5 Å². The molecule has 0 saturated carbocycles. The third-order valence-corrected chi connectivity index (χ3v) is 4.09. The number of benzene rings is 2. The summed E-state index contributed by atoms with van der Waals surface area (Å²) in [5.74, 6) is -0.119. The van der Waals surface area contributed by atoms with Crippen molar-refractivity contribution >= 4 is 9.84 Å². The number of rotatable bonds is 4. The minimum atomic E-state index is -3.27. The molecule has 0 amide bonds. The third-order valence-electron chi connectivity index (χ3n) is 2.96. The summed E-state index contributed by atoms with van der Waals surface area (Å²) in [5.41, 5.74) is 6.34. The first-order chi connectivity index (χ1) is 9.79. The van der Waals surface area contributed by atoms with Gasteiger partial charge in [-0.1, -0.05) is 12.1 Å². The van der Waals surface area contributed by atoms with E-state index < -0.39 is 15.7 Å². The number of hydrogen-bond donors (Lipinski definition) is 1. The maximum atomic E-state index is 13.9. The second-order valence-corrected chi connectivity index (χ2v) is 6.81. The monoisotopic (exact) mass is 309 g/mol. The largest absolute Gasteiger partial charge is 0.454 e. The molecule has 112 valence electrons. The van der Waals surface area contributed by atoms with E-state index in [0.29, 0.717) is 11.3 Å². The van der Waals surface area contributed by atoms with Crippen molar-refractivity contribution in [2.75, 3.05) is 6.26 Å². The summed E-state index contributed by atoms with van der Waals surface area (Å²) in [7, 11) is -3.27. The minimum absolute atomic E-state index is 0.0552. The molecule has 2 rings (SSSR count). The van der Waals surface area contributed by atoms with Gasteiger partial charge in [-0.05, 0) is 37.3 Å². The number of halogens is 1. The summed E-state index contributed by atoms with van der Waals surface area (Å²) >= 11 is 0. The van der Waals surface area contributed by atoms with Crippen LogP contribution in [0, 0.1) is 5.82 Å². The van der Waals surface area contributed by atoms with Crippen molar-refractivity contribution in [3.63, 3.8) is 0 Å².